The molecule has 0 spiro atoms. The van der Waals surface area contributed by atoms with Gasteiger partial charge in [-0.25, -0.2) is 42.5 Å². The van der Waals surface area contributed by atoms with Crippen LogP contribution in [0.15, 0.2) is 156 Å². The van der Waals surface area contributed by atoms with E-state index in [9.17, 15) is 9.59 Å². The Hall–Kier alpha value is -7.44. The summed E-state index contributed by atoms with van der Waals surface area (Å²) in [7, 11) is 1.66. The van der Waals surface area contributed by atoms with Crippen molar-refractivity contribution >= 4 is 69.6 Å². The number of hydrogen-bond acceptors (Lipinski definition) is 11. The van der Waals surface area contributed by atoms with Gasteiger partial charge in [-0.15, -0.1) is 0 Å². The van der Waals surface area contributed by atoms with Crippen molar-refractivity contribution in [2.45, 2.75) is 93.4 Å². The van der Waals surface area contributed by atoms with Crippen molar-refractivity contribution in [2.24, 2.45) is 20.0 Å². The molecule has 1 aromatic heterocycles. The van der Waals surface area contributed by atoms with Gasteiger partial charge in [0.1, 0.15) is 34.7 Å². The second-order valence-corrected chi connectivity index (χ2v) is 20.6. The number of carbonyl (C=O) groups is 2. The summed E-state index contributed by atoms with van der Waals surface area (Å²) < 4.78 is 75.1. The van der Waals surface area contributed by atoms with E-state index in [2.05, 4.69) is 52.9 Å². The van der Waals surface area contributed by atoms with E-state index >= 15 is 17.6 Å². The number of hydrogen-bond donors (Lipinski definition) is 0. The van der Waals surface area contributed by atoms with E-state index in [1.54, 1.807) is 91.8 Å². The fourth-order valence-electron chi connectivity index (χ4n) is 9.88. The summed E-state index contributed by atoms with van der Waals surface area (Å²) in [6, 6.07) is 11.1. The molecular weight excluding hydrogens is 1110 g/mol. The zero-order valence-corrected chi connectivity index (χ0v) is 50.2. The van der Waals surface area contributed by atoms with Crippen molar-refractivity contribution < 1.29 is 36.6 Å². The maximum Gasteiger partial charge on any atom is 0.219 e. The highest BCUT2D eigenvalue weighted by Crippen LogP contribution is 2.43. The molecule has 0 bridgehead atoms. The summed E-state index contributed by atoms with van der Waals surface area (Å²) in [5.74, 6) is -1.41. The second-order valence-electron chi connectivity index (χ2n) is 19.8. The van der Waals surface area contributed by atoms with Crippen LogP contribution in [0.2, 0.25) is 0 Å². The number of amidine groups is 1. The molecule has 14 nitrogen and oxygen atoms in total. The van der Waals surface area contributed by atoms with E-state index in [0.717, 1.165) is 30.7 Å². The van der Waals surface area contributed by atoms with Crippen LogP contribution in [0.3, 0.4) is 0 Å². The van der Waals surface area contributed by atoms with Crippen molar-refractivity contribution in [1.82, 2.24) is 29.6 Å². The van der Waals surface area contributed by atoms with Gasteiger partial charge < -0.3 is 29.1 Å². The smallest absolute Gasteiger partial charge is 0.219 e. The van der Waals surface area contributed by atoms with Gasteiger partial charge >= 0.3 is 0 Å². The zero-order chi connectivity index (χ0) is 60.3. The lowest BCUT2D eigenvalue weighted by Gasteiger charge is -2.37. The van der Waals surface area contributed by atoms with Gasteiger partial charge in [0.2, 0.25) is 23.6 Å². The quantitative estimate of drug-likeness (QED) is 0.0500. The van der Waals surface area contributed by atoms with Crippen molar-refractivity contribution in [3.63, 3.8) is 0 Å². The molecule has 0 unspecified atom stereocenters. The number of rotatable bonds is 19. The highest BCUT2D eigenvalue weighted by Gasteiger charge is 2.34. The first kappa shape index (κ1) is 64.7. The SMILES string of the molecule is C=C(/N=C1/C(F)=C(c2c(F)cccc2CCC)C(Cl)=C/C1=C(/C)N1CCN(C(C)=O)CC1)OCCC(N=CCC)=NC.C=C(/N=C1/C(F)=C(c2c(F)cccc2CCC)C(Cl)=C/C1=C(/C)N1CCN(C(C)=O)CC1)OCCc1ncccn1. The monoisotopic (exact) mass is 1180 g/mol. The number of benzene rings is 2. The number of amides is 2. The van der Waals surface area contributed by atoms with E-state index in [1.165, 1.54) is 12.1 Å². The second kappa shape index (κ2) is 31.3. The molecule has 83 heavy (non-hydrogen) atoms. The summed E-state index contributed by atoms with van der Waals surface area (Å²) in [6.07, 6.45) is 12.5. The van der Waals surface area contributed by atoms with Crippen molar-refractivity contribution in [1.29, 1.82) is 0 Å². The fourth-order valence-corrected chi connectivity index (χ4v) is 10.5. The Labute approximate surface area is 495 Å². The van der Waals surface area contributed by atoms with Crippen LogP contribution in [0.4, 0.5) is 17.6 Å². The first-order chi connectivity index (χ1) is 39.8. The average Bonchev–Trinajstić information content (AvgIpc) is 3.62. The summed E-state index contributed by atoms with van der Waals surface area (Å²) >= 11 is 13.5. The Morgan fingerprint density at radius 2 is 1.05 bits per heavy atom. The Bertz CT molecular complexity index is 3220. The molecule has 2 aromatic carbocycles. The maximum absolute atomic E-state index is 16.6. The minimum Gasteiger partial charge on any atom is -0.478 e. The predicted octanol–water partition coefficient (Wildman–Crippen LogP) is 12.9. The molecule has 442 valence electrons. The number of allylic oxidation sites excluding steroid dienone is 12. The third kappa shape index (κ3) is 16.9. The molecule has 20 heteroatoms. The first-order valence-electron chi connectivity index (χ1n) is 27.9. The third-order valence-electron chi connectivity index (χ3n) is 14.3. The van der Waals surface area contributed by atoms with Crippen LogP contribution in [0.5, 0.6) is 0 Å². The molecule has 2 aliphatic carbocycles. The van der Waals surface area contributed by atoms with E-state index in [4.69, 9.17) is 32.7 Å². The number of carbonyl (C=O) groups excluding carboxylic acids is 2. The number of aliphatic imine (C=N–C) groups is 4. The number of piperazine rings is 2. The zero-order valence-electron chi connectivity index (χ0n) is 48.7. The molecule has 0 radical (unpaired) electrons. The van der Waals surface area contributed by atoms with Gasteiger partial charge in [0.05, 0.1) is 23.3 Å². The van der Waals surface area contributed by atoms with E-state index < -0.39 is 23.3 Å². The van der Waals surface area contributed by atoms with Crippen LogP contribution in [0.25, 0.3) is 11.1 Å². The minimum atomic E-state index is -0.757. The molecule has 7 rings (SSSR count). The van der Waals surface area contributed by atoms with Crippen LogP contribution >= 0.6 is 23.2 Å². The number of aromatic nitrogens is 2. The fraction of sp³-hybridized carbons (Fsp3) is 0.397. The molecule has 2 fully saturated rings. The molecule has 0 N–H and O–H groups in total. The standard InChI is InChI=1S/C32H40ClF2N5O2.C31H34ClF2N5O2/c1-7-10-24-11-9-12-27(34)29(24)30-26(33)20-25(21(3)39-15-17-40(18-16-39)23(5)41)32(31(30)35)38-22(4)42-19-13-28(36-6)37-14-8-2;1-5-8-23-9-6-10-26(33)28(23)29-25(32)19-24(20(2)38-14-16-39(17-15-38)22(4)40)31(30(29)34)37-21(3)41-18-11-27-35-12-7-13-36-27/h9,11-12,14,20H,4,7-8,10,13,15-19H2,1-3,5-6H3;6-7,9-10,12-13,19H,3,5,8,11,14-18H2,1-2,4H3/b25-21+,36-28?,37-14?,38-32+;24-20+,37-31+. The molecule has 4 aliphatic rings. The number of halogens is 6. The first-order valence-corrected chi connectivity index (χ1v) is 28.7. The Balaban J connectivity index is 0.000000267. The van der Waals surface area contributed by atoms with Gasteiger partial charge in [-0.3, -0.25) is 14.6 Å². The molecule has 2 amide bonds. The Morgan fingerprint density at radius 1 is 0.627 bits per heavy atom. The molecule has 0 saturated carbocycles. The normalized spacial score (nSPS) is 18.3. The van der Waals surface area contributed by atoms with Crippen LogP contribution in [0.1, 0.15) is 102 Å². The molecule has 3 heterocycles. The summed E-state index contributed by atoms with van der Waals surface area (Å²) in [6.45, 7) is 25.3. The Kier molecular flexibility index (Phi) is 24.4. The summed E-state index contributed by atoms with van der Waals surface area (Å²) in [5, 5.41) is 0.156. The van der Waals surface area contributed by atoms with Gasteiger partial charge in [-0.2, -0.15) is 0 Å². The number of ether oxygens (including phenoxy) is 2. The number of nitrogens with zero attached hydrogens (tertiary/aromatic N) is 10. The lowest BCUT2D eigenvalue weighted by molar-refractivity contribution is -0.131. The molecule has 3 aromatic rings. The van der Waals surface area contributed by atoms with Crippen LogP contribution in [-0.4, -0.2) is 137 Å². The summed E-state index contributed by atoms with van der Waals surface area (Å²) in [4.78, 5) is 57.0. The van der Waals surface area contributed by atoms with Gasteiger partial charge in [0, 0.05) is 150 Å². The van der Waals surface area contributed by atoms with Crippen molar-refractivity contribution in [3.05, 3.63) is 176 Å². The molecular formula is C63H74Cl2F4N10O4. The van der Waals surface area contributed by atoms with E-state index in [-0.39, 0.29) is 80.6 Å². The van der Waals surface area contributed by atoms with Gasteiger partial charge in [-0.05, 0) is 87.7 Å². The lowest BCUT2D eigenvalue weighted by Crippen LogP contribution is -2.47. The average molecular weight is 1180 g/mol. The highest BCUT2D eigenvalue weighted by molar-refractivity contribution is 6.41. The lowest BCUT2D eigenvalue weighted by atomic mass is 9.88. The minimum absolute atomic E-state index is 0.00476. The Morgan fingerprint density at radius 3 is 1.45 bits per heavy atom. The third-order valence-corrected chi connectivity index (χ3v) is 14.9. The molecule has 2 saturated heterocycles. The van der Waals surface area contributed by atoms with Crippen LogP contribution in [-0.2, 0) is 38.3 Å². The van der Waals surface area contributed by atoms with Crippen LogP contribution in [0, 0.1) is 11.6 Å². The largest absolute Gasteiger partial charge is 0.478 e. The van der Waals surface area contributed by atoms with E-state index in [0.29, 0.717) is 112 Å². The number of aryl methyl sites for hydroxylation is 2. The van der Waals surface area contributed by atoms with Gasteiger partial charge in [0.25, 0.3) is 0 Å². The summed E-state index contributed by atoms with van der Waals surface area (Å²) in [5.41, 5.74) is 3.75. The maximum atomic E-state index is 16.6. The van der Waals surface area contributed by atoms with Crippen molar-refractivity contribution in [3.8, 4) is 0 Å². The molecule has 2 aliphatic heterocycles. The van der Waals surface area contributed by atoms with E-state index in [1.807, 2.05) is 34.6 Å². The van der Waals surface area contributed by atoms with Crippen LogP contribution < -0.4 is 0 Å². The topological polar surface area (TPSA) is 141 Å². The predicted molar refractivity (Wildman–Crippen MR) is 325 cm³/mol. The van der Waals surface area contributed by atoms with Gasteiger partial charge in [-0.1, -0.05) is 81.1 Å². The molecule has 0 atom stereocenters. The van der Waals surface area contributed by atoms with Crippen molar-refractivity contribution in [2.75, 3.05) is 72.6 Å². The highest BCUT2D eigenvalue weighted by atomic mass is 35.5. The van der Waals surface area contributed by atoms with Gasteiger partial charge in [0.15, 0.2) is 11.7 Å².